The molecule has 1 atom stereocenters. The molecule has 0 saturated carbocycles. The van der Waals surface area contributed by atoms with E-state index in [1.807, 2.05) is 12.5 Å². The molecule has 0 saturated heterocycles. The predicted octanol–water partition coefficient (Wildman–Crippen LogP) is 4.44. The van der Waals surface area contributed by atoms with Crippen LogP contribution in [0.1, 0.15) is 25.6 Å². The van der Waals surface area contributed by atoms with E-state index >= 15 is 0 Å². The monoisotopic (exact) mass is 343 g/mol. The highest BCUT2D eigenvalue weighted by Crippen LogP contribution is 2.25. The quantitative estimate of drug-likeness (QED) is 0.763. The molecule has 0 radical (unpaired) electrons. The largest absolute Gasteiger partial charge is 0.322 e. The summed E-state index contributed by atoms with van der Waals surface area (Å²) in [5, 5.41) is 2.41. The molecular formula is C17H18BrN3. The first-order valence-corrected chi connectivity index (χ1v) is 7.83. The third-order valence-electron chi connectivity index (χ3n) is 3.79. The number of imidazole rings is 1. The second-order valence-electron chi connectivity index (χ2n) is 5.63. The Morgan fingerprint density at radius 1 is 1.10 bits per heavy atom. The lowest BCUT2D eigenvalue weighted by molar-refractivity contribution is 0.497. The Hall–Kier alpha value is -1.65. The summed E-state index contributed by atoms with van der Waals surface area (Å²) in [5.74, 6) is 0.372. The number of aromatic nitrogens is 2. The van der Waals surface area contributed by atoms with Crippen LogP contribution in [0, 0.1) is 5.92 Å². The maximum absolute atomic E-state index is 6.29. The van der Waals surface area contributed by atoms with E-state index < -0.39 is 0 Å². The van der Waals surface area contributed by atoms with E-state index in [2.05, 4.69) is 75.7 Å². The molecule has 3 rings (SSSR count). The van der Waals surface area contributed by atoms with Crippen molar-refractivity contribution in [2.75, 3.05) is 0 Å². The summed E-state index contributed by atoms with van der Waals surface area (Å²) in [6.45, 7) is 4.25. The second kappa shape index (κ2) is 5.62. The third-order valence-corrected chi connectivity index (χ3v) is 4.28. The molecule has 3 aromatic rings. The van der Waals surface area contributed by atoms with E-state index in [1.165, 1.54) is 10.8 Å². The van der Waals surface area contributed by atoms with E-state index in [0.29, 0.717) is 5.92 Å². The van der Waals surface area contributed by atoms with Crippen LogP contribution in [0.4, 0.5) is 0 Å². The Morgan fingerprint density at radius 3 is 2.57 bits per heavy atom. The lowest BCUT2D eigenvalue weighted by atomic mass is 10.0. The van der Waals surface area contributed by atoms with Gasteiger partial charge in [0.2, 0.25) is 0 Å². The molecule has 0 amide bonds. The van der Waals surface area contributed by atoms with Crippen molar-refractivity contribution in [1.29, 1.82) is 0 Å². The average molecular weight is 344 g/mol. The number of fused-ring (bicyclic) bond motifs is 1. The molecule has 1 heterocycles. The fraction of sp³-hybridized carbons (Fsp3) is 0.235. The van der Waals surface area contributed by atoms with Crippen LogP contribution >= 0.6 is 15.9 Å². The molecule has 0 spiro atoms. The first-order valence-electron chi connectivity index (χ1n) is 7.04. The Morgan fingerprint density at radius 2 is 1.81 bits per heavy atom. The van der Waals surface area contributed by atoms with Crippen LogP contribution in [0.3, 0.4) is 0 Å². The van der Waals surface area contributed by atoms with E-state index in [1.54, 1.807) is 0 Å². The van der Waals surface area contributed by atoms with Crippen LogP contribution in [0.15, 0.2) is 53.4 Å². The maximum atomic E-state index is 6.29. The van der Waals surface area contributed by atoms with Crippen molar-refractivity contribution in [3.05, 3.63) is 59.1 Å². The van der Waals surface area contributed by atoms with Gasteiger partial charge in [0.25, 0.3) is 0 Å². The molecule has 0 aliphatic rings. The molecule has 4 heteroatoms. The van der Waals surface area contributed by atoms with Gasteiger partial charge in [0.1, 0.15) is 0 Å². The number of benzene rings is 2. The van der Waals surface area contributed by atoms with Crippen LogP contribution in [0.5, 0.6) is 0 Å². The fourth-order valence-electron chi connectivity index (χ4n) is 2.46. The number of nitrogens with two attached hydrogens (primary N) is 1. The van der Waals surface area contributed by atoms with Crippen LogP contribution in [-0.2, 0) is 0 Å². The highest BCUT2D eigenvalue weighted by molar-refractivity contribution is 9.10. The van der Waals surface area contributed by atoms with Gasteiger partial charge in [-0.25, -0.2) is 4.98 Å². The first-order chi connectivity index (χ1) is 10.1. The number of hydrogen-bond acceptors (Lipinski definition) is 2. The fourth-order valence-corrected chi connectivity index (χ4v) is 2.84. The average Bonchev–Trinajstić information content (AvgIpc) is 2.95. The normalized spacial score (nSPS) is 13.0. The third kappa shape index (κ3) is 2.74. The topological polar surface area (TPSA) is 43.8 Å². The SMILES string of the molecule is CC(C)C(N)c1cncn1-c1ccc2cc(Br)ccc2c1. The van der Waals surface area contributed by atoms with Crippen molar-refractivity contribution >= 4 is 26.7 Å². The molecule has 2 aromatic carbocycles. The first kappa shape index (κ1) is 14.3. The van der Waals surface area contributed by atoms with Crippen LogP contribution in [0.2, 0.25) is 0 Å². The van der Waals surface area contributed by atoms with Gasteiger partial charge < -0.3 is 10.3 Å². The zero-order valence-electron chi connectivity index (χ0n) is 12.1. The van der Waals surface area contributed by atoms with Crippen LogP contribution in [-0.4, -0.2) is 9.55 Å². The molecule has 0 aliphatic heterocycles. The zero-order valence-corrected chi connectivity index (χ0v) is 13.7. The van der Waals surface area contributed by atoms with Gasteiger partial charge in [0, 0.05) is 16.2 Å². The zero-order chi connectivity index (χ0) is 15.0. The van der Waals surface area contributed by atoms with Crippen LogP contribution in [0.25, 0.3) is 16.5 Å². The van der Waals surface area contributed by atoms with Crippen molar-refractivity contribution in [2.45, 2.75) is 19.9 Å². The summed E-state index contributed by atoms with van der Waals surface area (Å²) in [6, 6.07) is 12.7. The van der Waals surface area contributed by atoms with Crippen molar-refractivity contribution in [3.8, 4) is 5.69 Å². The van der Waals surface area contributed by atoms with E-state index in [0.717, 1.165) is 15.9 Å². The van der Waals surface area contributed by atoms with Gasteiger partial charge in [0.15, 0.2) is 0 Å². The summed E-state index contributed by atoms with van der Waals surface area (Å²) in [6.07, 6.45) is 3.69. The van der Waals surface area contributed by atoms with Gasteiger partial charge in [-0.15, -0.1) is 0 Å². The number of nitrogens with zero attached hydrogens (tertiary/aromatic N) is 2. The summed E-state index contributed by atoms with van der Waals surface area (Å²) in [4.78, 5) is 4.27. The van der Waals surface area contributed by atoms with Crippen molar-refractivity contribution < 1.29 is 0 Å². The summed E-state index contributed by atoms with van der Waals surface area (Å²) in [7, 11) is 0. The van der Waals surface area contributed by atoms with E-state index in [4.69, 9.17) is 5.73 Å². The van der Waals surface area contributed by atoms with Gasteiger partial charge >= 0.3 is 0 Å². The summed E-state index contributed by atoms with van der Waals surface area (Å²) >= 11 is 3.50. The molecule has 3 nitrogen and oxygen atoms in total. The number of rotatable bonds is 3. The summed E-state index contributed by atoms with van der Waals surface area (Å²) in [5.41, 5.74) is 8.42. The highest BCUT2D eigenvalue weighted by atomic mass is 79.9. The Kier molecular flexibility index (Phi) is 3.83. The molecule has 1 unspecified atom stereocenters. The van der Waals surface area contributed by atoms with Crippen molar-refractivity contribution in [3.63, 3.8) is 0 Å². The van der Waals surface area contributed by atoms with E-state index in [9.17, 15) is 0 Å². The smallest absolute Gasteiger partial charge is 0.0994 e. The standard InChI is InChI=1S/C17H18BrN3/c1-11(2)17(19)16-9-20-10-21(16)15-6-4-12-7-14(18)5-3-13(12)8-15/h3-11,17H,19H2,1-2H3. The Balaban J connectivity index is 2.09. The van der Waals surface area contributed by atoms with Gasteiger partial charge in [-0.05, 0) is 41.0 Å². The molecule has 21 heavy (non-hydrogen) atoms. The Labute approximate surface area is 132 Å². The minimum absolute atomic E-state index is 0.0203. The molecule has 0 aliphatic carbocycles. The maximum Gasteiger partial charge on any atom is 0.0994 e. The lowest BCUT2D eigenvalue weighted by Gasteiger charge is -2.18. The van der Waals surface area contributed by atoms with Gasteiger partial charge in [-0.3, -0.25) is 0 Å². The number of halogens is 1. The minimum Gasteiger partial charge on any atom is -0.322 e. The molecular weight excluding hydrogens is 326 g/mol. The van der Waals surface area contributed by atoms with Gasteiger partial charge in [0.05, 0.1) is 18.2 Å². The van der Waals surface area contributed by atoms with Crippen molar-refractivity contribution in [1.82, 2.24) is 9.55 Å². The number of hydrogen-bond donors (Lipinski definition) is 1. The Bertz CT molecular complexity index is 777. The second-order valence-corrected chi connectivity index (χ2v) is 6.55. The molecule has 0 fully saturated rings. The highest BCUT2D eigenvalue weighted by Gasteiger charge is 2.16. The minimum atomic E-state index is -0.0203. The van der Waals surface area contributed by atoms with E-state index in [-0.39, 0.29) is 6.04 Å². The van der Waals surface area contributed by atoms with Gasteiger partial charge in [-0.1, -0.05) is 41.9 Å². The van der Waals surface area contributed by atoms with Gasteiger partial charge in [-0.2, -0.15) is 0 Å². The lowest BCUT2D eigenvalue weighted by Crippen LogP contribution is -2.19. The molecule has 2 N–H and O–H groups in total. The summed E-state index contributed by atoms with van der Waals surface area (Å²) < 4.78 is 3.17. The molecule has 1 aromatic heterocycles. The van der Waals surface area contributed by atoms with Crippen LogP contribution < -0.4 is 5.73 Å². The predicted molar refractivity (Wildman–Crippen MR) is 90.5 cm³/mol. The molecule has 108 valence electrons. The van der Waals surface area contributed by atoms with Crippen molar-refractivity contribution in [2.24, 2.45) is 11.7 Å². The molecule has 0 bridgehead atoms.